The van der Waals surface area contributed by atoms with Gasteiger partial charge in [0.1, 0.15) is 5.75 Å². The summed E-state index contributed by atoms with van der Waals surface area (Å²) in [6.07, 6.45) is 0. The van der Waals surface area contributed by atoms with Crippen LogP contribution in [0.4, 0.5) is 16.2 Å². The number of rotatable bonds is 3. The van der Waals surface area contributed by atoms with E-state index in [1.807, 2.05) is 0 Å². The van der Waals surface area contributed by atoms with Gasteiger partial charge < -0.3 is 15.4 Å². The lowest BCUT2D eigenvalue weighted by atomic mass is 10.3. The van der Waals surface area contributed by atoms with Crippen LogP contribution in [0.1, 0.15) is 0 Å². The van der Waals surface area contributed by atoms with Gasteiger partial charge in [0.15, 0.2) is 0 Å². The van der Waals surface area contributed by atoms with Gasteiger partial charge in [0.25, 0.3) is 0 Å². The van der Waals surface area contributed by atoms with Crippen LogP contribution in [0.5, 0.6) is 5.75 Å². The van der Waals surface area contributed by atoms with Crippen LogP contribution in [-0.2, 0) is 0 Å². The van der Waals surface area contributed by atoms with Gasteiger partial charge in [0, 0.05) is 32.0 Å². The Kier molecular flexibility index (Phi) is 5.33. The number of hydrogen-bond acceptors (Lipinski definition) is 2. The fourth-order valence-corrected chi connectivity index (χ4v) is 2.76. The first-order valence-electron chi connectivity index (χ1n) is 5.85. The minimum atomic E-state index is -0.409. The molecule has 2 rings (SSSR count). The Morgan fingerprint density at radius 3 is 2.14 bits per heavy atom. The topological polar surface area (TPSA) is 50.4 Å². The Hall–Kier alpha value is -1.43. The van der Waals surface area contributed by atoms with Crippen LogP contribution in [0.25, 0.3) is 0 Å². The van der Waals surface area contributed by atoms with E-state index < -0.39 is 6.03 Å². The van der Waals surface area contributed by atoms with Gasteiger partial charge in [0.05, 0.1) is 7.11 Å². The maximum Gasteiger partial charge on any atom is 0.323 e. The minimum absolute atomic E-state index is 0.409. The number of ether oxygens (including phenoxy) is 1. The molecule has 0 radical (unpaired) electrons. The van der Waals surface area contributed by atoms with Gasteiger partial charge in [-0.1, -0.05) is 39.1 Å². The Labute approximate surface area is 140 Å². The third kappa shape index (κ3) is 4.81. The molecule has 0 bridgehead atoms. The molecule has 0 fully saturated rings. The fraction of sp³-hybridized carbons (Fsp3) is 0.0714. The summed E-state index contributed by atoms with van der Waals surface area (Å²) in [5.74, 6) is 0.559. The van der Waals surface area contributed by atoms with Crippen molar-refractivity contribution in [3.8, 4) is 5.75 Å². The Bertz CT molecular complexity index is 660. The van der Waals surface area contributed by atoms with Crippen molar-refractivity contribution in [1.29, 1.82) is 0 Å². The van der Waals surface area contributed by atoms with E-state index in [1.165, 1.54) is 7.11 Å². The van der Waals surface area contributed by atoms with E-state index in [1.54, 1.807) is 36.4 Å². The zero-order chi connectivity index (χ0) is 15.4. The number of halogens is 3. The van der Waals surface area contributed by atoms with Gasteiger partial charge in [-0.2, -0.15) is 0 Å². The molecule has 0 aliphatic heterocycles. The summed E-state index contributed by atoms with van der Waals surface area (Å²) in [4.78, 5) is 12.0. The van der Waals surface area contributed by atoms with Crippen LogP contribution in [0.15, 0.2) is 40.9 Å². The molecule has 0 aliphatic carbocycles. The Morgan fingerprint density at radius 2 is 1.57 bits per heavy atom. The average Bonchev–Trinajstić information content (AvgIpc) is 2.36. The highest BCUT2D eigenvalue weighted by atomic mass is 79.9. The summed E-state index contributed by atoms with van der Waals surface area (Å²) in [5.41, 5.74) is 1.10. The summed E-state index contributed by atoms with van der Waals surface area (Å²) in [7, 11) is 1.53. The number of methoxy groups -OCH3 is 1. The van der Waals surface area contributed by atoms with E-state index >= 15 is 0 Å². The summed E-state index contributed by atoms with van der Waals surface area (Å²) < 4.78 is 5.86. The van der Waals surface area contributed by atoms with Crippen molar-refractivity contribution in [3.05, 3.63) is 50.9 Å². The zero-order valence-electron chi connectivity index (χ0n) is 10.9. The molecule has 4 nitrogen and oxygen atoms in total. The minimum Gasteiger partial charge on any atom is -0.497 e. The number of benzene rings is 2. The normalized spacial score (nSPS) is 10.1. The molecule has 110 valence electrons. The lowest BCUT2D eigenvalue weighted by Gasteiger charge is -2.10. The van der Waals surface area contributed by atoms with Crippen LogP contribution in [0, 0.1) is 0 Å². The van der Waals surface area contributed by atoms with Crippen molar-refractivity contribution in [3.63, 3.8) is 0 Å². The Balaban J connectivity index is 2.09. The smallest absolute Gasteiger partial charge is 0.323 e. The quantitative estimate of drug-likeness (QED) is 0.737. The molecule has 0 spiro atoms. The molecular weight excluding hydrogens is 379 g/mol. The Morgan fingerprint density at radius 1 is 1.00 bits per heavy atom. The number of carbonyl (C=O) groups is 1. The molecule has 21 heavy (non-hydrogen) atoms. The van der Waals surface area contributed by atoms with E-state index in [9.17, 15) is 4.79 Å². The van der Waals surface area contributed by atoms with Crippen LogP contribution < -0.4 is 15.4 Å². The molecule has 0 saturated carbocycles. The average molecular weight is 390 g/mol. The molecule has 0 atom stereocenters. The third-order valence-corrected chi connectivity index (χ3v) is 3.38. The molecule has 0 aliphatic rings. The highest BCUT2D eigenvalue weighted by molar-refractivity contribution is 9.10. The standard InChI is InChI=1S/C14H11BrCl2N2O2/c1-21-13-6-10(17)5-12(7-13)19-14(20)18-11-3-8(15)2-9(16)4-11/h2-7H,1H3,(H2,18,19,20). The number of urea groups is 1. The first-order valence-corrected chi connectivity index (χ1v) is 7.40. The van der Waals surface area contributed by atoms with Gasteiger partial charge in [-0.05, 0) is 30.3 Å². The number of hydrogen-bond donors (Lipinski definition) is 2. The highest BCUT2D eigenvalue weighted by Gasteiger charge is 2.06. The molecule has 2 aromatic carbocycles. The number of amides is 2. The molecule has 2 aromatic rings. The molecule has 0 aromatic heterocycles. The van der Waals surface area contributed by atoms with Crippen LogP contribution in [0.3, 0.4) is 0 Å². The van der Waals surface area contributed by atoms with Crippen molar-refractivity contribution in [2.75, 3.05) is 17.7 Å². The lowest BCUT2D eigenvalue weighted by Crippen LogP contribution is -2.19. The van der Waals surface area contributed by atoms with Crippen LogP contribution in [0.2, 0.25) is 10.0 Å². The summed E-state index contributed by atoms with van der Waals surface area (Å²) in [6.45, 7) is 0. The molecule has 0 heterocycles. The van der Waals surface area contributed by atoms with Crippen LogP contribution >= 0.6 is 39.1 Å². The predicted molar refractivity (Wildman–Crippen MR) is 89.8 cm³/mol. The number of anilines is 2. The second-order valence-corrected chi connectivity index (χ2v) is 5.91. The molecular formula is C14H11BrCl2N2O2. The van der Waals surface area contributed by atoms with E-state index in [4.69, 9.17) is 27.9 Å². The summed E-state index contributed by atoms with van der Waals surface area (Å²) in [5, 5.41) is 6.34. The van der Waals surface area contributed by atoms with Crippen molar-refractivity contribution in [2.45, 2.75) is 0 Å². The van der Waals surface area contributed by atoms with Gasteiger partial charge in [0.2, 0.25) is 0 Å². The molecule has 2 N–H and O–H groups in total. The largest absolute Gasteiger partial charge is 0.497 e. The van der Waals surface area contributed by atoms with Crippen molar-refractivity contribution >= 4 is 56.5 Å². The molecule has 2 amide bonds. The van der Waals surface area contributed by atoms with E-state index in [-0.39, 0.29) is 0 Å². The SMILES string of the molecule is COc1cc(Cl)cc(NC(=O)Nc2cc(Cl)cc(Br)c2)c1. The number of nitrogens with one attached hydrogen (secondary N) is 2. The summed E-state index contributed by atoms with van der Waals surface area (Å²) >= 11 is 15.2. The molecule has 7 heteroatoms. The second kappa shape index (κ2) is 7.02. The van der Waals surface area contributed by atoms with E-state index in [0.29, 0.717) is 27.2 Å². The fourth-order valence-electron chi connectivity index (χ4n) is 1.67. The van der Waals surface area contributed by atoms with Crippen molar-refractivity contribution in [1.82, 2.24) is 0 Å². The van der Waals surface area contributed by atoms with Crippen molar-refractivity contribution < 1.29 is 9.53 Å². The summed E-state index contributed by atoms with van der Waals surface area (Å²) in [6, 6.07) is 9.64. The second-order valence-electron chi connectivity index (χ2n) is 4.12. The molecule has 0 unspecified atom stereocenters. The maximum absolute atomic E-state index is 12.0. The molecule has 0 saturated heterocycles. The van der Waals surface area contributed by atoms with Crippen LogP contribution in [-0.4, -0.2) is 13.1 Å². The lowest BCUT2D eigenvalue weighted by molar-refractivity contribution is 0.262. The monoisotopic (exact) mass is 388 g/mol. The first kappa shape index (κ1) is 15.9. The van der Waals surface area contributed by atoms with Crippen molar-refractivity contribution in [2.24, 2.45) is 0 Å². The van der Waals surface area contributed by atoms with E-state index in [2.05, 4.69) is 26.6 Å². The highest BCUT2D eigenvalue weighted by Crippen LogP contribution is 2.25. The first-order chi connectivity index (χ1) is 9.96. The van der Waals surface area contributed by atoms with Gasteiger partial charge >= 0.3 is 6.03 Å². The maximum atomic E-state index is 12.0. The van der Waals surface area contributed by atoms with E-state index in [0.717, 1.165) is 4.47 Å². The zero-order valence-corrected chi connectivity index (χ0v) is 14.0. The van der Waals surface area contributed by atoms with Gasteiger partial charge in [-0.15, -0.1) is 0 Å². The third-order valence-electron chi connectivity index (χ3n) is 2.49. The predicted octanol–water partition coefficient (Wildman–Crippen LogP) is 5.41. The van der Waals surface area contributed by atoms with Gasteiger partial charge in [-0.3, -0.25) is 0 Å². The van der Waals surface area contributed by atoms with Gasteiger partial charge in [-0.25, -0.2) is 4.79 Å². The number of carbonyl (C=O) groups excluding carboxylic acids is 1.